The van der Waals surface area contributed by atoms with Crippen molar-refractivity contribution in [1.82, 2.24) is 10.6 Å². The fourth-order valence-corrected chi connectivity index (χ4v) is 2.79. The van der Waals surface area contributed by atoms with Crippen molar-refractivity contribution in [2.24, 2.45) is 10.4 Å². The second-order valence-corrected chi connectivity index (χ2v) is 6.88. The van der Waals surface area contributed by atoms with E-state index in [9.17, 15) is 0 Å². The zero-order valence-electron chi connectivity index (χ0n) is 14.9. The molecule has 1 aliphatic rings. The van der Waals surface area contributed by atoms with Crippen LogP contribution in [0.4, 0.5) is 0 Å². The summed E-state index contributed by atoms with van der Waals surface area (Å²) in [6.45, 7) is 8.42. The molecule has 0 radical (unpaired) electrons. The molecule has 2 N–H and O–H groups in total. The highest BCUT2D eigenvalue weighted by Gasteiger charge is 2.41. The summed E-state index contributed by atoms with van der Waals surface area (Å²) in [5.41, 5.74) is 1.66. The fraction of sp³-hybridized carbons (Fsp3) is 0.632. The molecule has 1 aliphatic carbocycles. The number of hydrogen-bond donors (Lipinski definition) is 2. The maximum Gasteiger partial charge on any atom is 0.191 e. The van der Waals surface area contributed by atoms with Crippen LogP contribution in [0.25, 0.3) is 0 Å². The van der Waals surface area contributed by atoms with E-state index in [4.69, 9.17) is 21.3 Å². The summed E-state index contributed by atoms with van der Waals surface area (Å²) < 4.78 is 5.50. The van der Waals surface area contributed by atoms with E-state index in [1.807, 2.05) is 19.1 Å². The monoisotopic (exact) mass is 351 g/mol. The molecule has 134 valence electrons. The summed E-state index contributed by atoms with van der Waals surface area (Å²) in [4.78, 5) is 4.79. The van der Waals surface area contributed by atoms with E-state index in [0.29, 0.717) is 5.41 Å². The Morgan fingerprint density at radius 2 is 1.96 bits per heavy atom. The Kier molecular flexibility index (Phi) is 7.86. The SMILES string of the molecule is CCNC(=NCC1(CCOCC)CC1)NCCc1ccc(Cl)cc1. The van der Waals surface area contributed by atoms with Gasteiger partial charge in [0.15, 0.2) is 5.96 Å². The zero-order chi connectivity index (χ0) is 17.3. The highest BCUT2D eigenvalue weighted by molar-refractivity contribution is 6.30. The number of ether oxygens (including phenoxy) is 1. The Morgan fingerprint density at radius 1 is 1.21 bits per heavy atom. The van der Waals surface area contributed by atoms with Gasteiger partial charge in [0.25, 0.3) is 0 Å². The number of hydrogen-bond acceptors (Lipinski definition) is 2. The number of aliphatic imine (C=N–C) groups is 1. The van der Waals surface area contributed by atoms with Crippen LogP contribution >= 0.6 is 11.6 Å². The summed E-state index contributed by atoms with van der Waals surface area (Å²) >= 11 is 5.92. The molecule has 4 nitrogen and oxygen atoms in total. The first-order valence-electron chi connectivity index (χ1n) is 9.02. The van der Waals surface area contributed by atoms with Crippen molar-refractivity contribution in [1.29, 1.82) is 0 Å². The van der Waals surface area contributed by atoms with Crippen LogP contribution in [-0.4, -0.2) is 38.8 Å². The predicted octanol–water partition coefficient (Wildman–Crippen LogP) is 3.64. The van der Waals surface area contributed by atoms with Crippen molar-refractivity contribution in [2.75, 3.05) is 32.8 Å². The van der Waals surface area contributed by atoms with Gasteiger partial charge in [0.2, 0.25) is 0 Å². The smallest absolute Gasteiger partial charge is 0.191 e. The van der Waals surface area contributed by atoms with Gasteiger partial charge in [-0.2, -0.15) is 0 Å². The number of rotatable bonds is 10. The van der Waals surface area contributed by atoms with E-state index in [0.717, 1.165) is 56.7 Å². The molecule has 1 aromatic rings. The van der Waals surface area contributed by atoms with Crippen molar-refractivity contribution in [3.63, 3.8) is 0 Å². The van der Waals surface area contributed by atoms with Gasteiger partial charge in [0.1, 0.15) is 0 Å². The molecule has 0 unspecified atom stereocenters. The maximum atomic E-state index is 5.92. The number of benzene rings is 1. The molecule has 1 saturated carbocycles. The lowest BCUT2D eigenvalue weighted by Gasteiger charge is -2.15. The molecule has 0 spiro atoms. The quantitative estimate of drug-likeness (QED) is 0.384. The second kappa shape index (κ2) is 9.90. The second-order valence-electron chi connectivity index (χ2n) is 6.45. The molecule has 2 rings (SSSR count). The Morgan fingerprint density at radius 3 is 2.58 bits per heavy atom. The molecular formula is C19H30ClN3O. The molecule has 0 aromatic heterocycles. The lowest BCUT2D eigenvalue weighted by Crippen LogP contribution is -2.38. The molecule has 0 saturated heterocycles. The van der Waals surface area contributed by atoms with E-state index in [1.165, 1.54) is 18.4 Å². The first-order valence-corrected chi connectivity index (χ1v) is 9.39. The molecule has 1 aromatic carbocycles. The molecule has 1 fully saturated rings. The lowest BCUT2D eigenvalue weighted by atomic mass is 10.0. The Labute approximate surface area is 151 Å². The summed E-state index contributed by atoms with van der Waals surface area (Å²) in [5.74, 6) is 0.911. The van der Waals surface area contributed by atoms with Crippen LogP contribution < -0.4 is 10.6 Å². The summed E-state index contributed by atoms with van der Waals surface area (Å²) in [6.07, 6.45) is 4.62. The Hall–Kier alpha value is -1.26. The van der Waals surface area contributed by atoms with Crippen molar-refractivity contribution in [2.45, 2.75) is 39.5 Å². The van der Waals surface area contributed by atoms with Crippen LogP contribution in [0, 0.1) is 5.41 Å². The molecule has 0 bridgehead atoms. The van der Waals surface area contributed by atoms with Gasteiger partial charge >= 0.3 is 0 Å². The van der Waals surface area contributed by atoms with Crippen LogP contribution in [0.2, 0.25) is 5.02 Å². The van der Waals surface area contributed by atoms with Crippen LogP contribution in [0.5, 0.6) is 0 Å². The third-order valence-corrected chi connectivity index (χ3v) is 4.73. The molecule has 0 heterocycles. The van der Waals surface area contributed by atoms with Crippen molar-refractivity contribution >= 4 is 17.6 Å². The van der Waals surface area contributed by atoms with Gasteiger partial charge in [0.05, 0.1) is 0 Å². The minimum Gasteiger partial charge on any atom is -0.382 e. The van der Waals surface area contributed by atoms with Gasteiger partial charge in [-0.1, -0.05) is 23.7 Å². The molecule has 24 heavy (non-hydrogen) atoms. The number of guanidine groups is 1. The number of halogens is 1. The number of nitrogens with one attached hydrogen (secondary N) is 2. The summed E-state index contributed by atoms with van der Waals surface area (Å²) in [6, 6.07) is 8.01. The molecule has 5 heteroatoms. The predicted molar refractivity (Wildman–Crippen MR) is 102 cm³/mol. The lowest BCUT2D eigenvalue weighted by molar-refractivity contribution is 0.129. The average Bonchev–Trinajstić information content (AvgIpc) is 3.35. The molecule has 0 atom stereocenters. The van der Waals surface area contributed by atoms with E-state index in [1.54, 1.807) is 0 Å². The van der Waals surface area contributed by atoms with Crippen molar-refractivity contribution < 1.29 is 4.74 Å². The Balaban J connectivity index is 1.77. The van der Waals surface area contributed by atoms with Crippen LogP contribution in [0.1, 0.15) is 38.7 Å². The third-order valence-electron chi connectivity index (χ3n) is 4.47. The summed E-state index contributed by atoms with van der Waals surface area (Å²) in [5, 5.41) is 7.54. The fourth-order valence-electron chi connectivity index (χ4n) is 2.66. The average molecular weight is 352 g/mol. The van der Waals surface area contributed by atoms with Gasteiger partial charge in [-0.3, -0.25) is 4.99 Å². The van der Waals surface area contributed by atoms with E-state index in [2.05, 4.69) is 29.7 Å². The van der Waals surface area contributed by atoms with E-state index in [-0.39, 0.29) is 0 Å². The van der Waals surface area contributed by atoms with E-state index < -0.39 is 0 Å². The molecule has 0 aliphatic heterocycles. The Bertz CT molecular complexity index is 512. The minimum absolute atomic E-state index is 0.383. The van der Waals surface area contributed by atoms with Gasteiger partial charge < -0.3 is 15.4 Å². The first kappa shape index (κ1) is 19.1. The van der Waals surface area contributed by atoms with Crippen LogP contribution in [0.15, 0.2) is 29.3 Å². The van der Waals surface area contributed by atoms with Gasteiger partial charge in [-0.05, 0) is 62.6 Å². The highest BCUT2D eigenvalue weighted by Crippen LogP contribution is 2.48. The third kappa shape index (κ3) is 6.70. The number of nitrogens with zero attached hydrogens (tertiary/aromatic N) is 1. The minimum atomic E-state index is 0.383. The topological polar surface area (TPSA) is 45.7 Å². The van der Waals surface area contributed by atoms with E-state index >= 15 is 0 Å². The largest absolute Gasteiger partial charge is 0.382 e. The first-order chi connectivity index (χ1) is 11.7. The standard InChI is InChI=1S/C19H30ClN3O/c1-3-21-18(22-13-9-16-5-7-17(20)8-6-16)23-15-19(10-11-19)12-14-24-4-2/h5-8H,3-4,9-15H2,1-2H3,(H2,21,22,23). The van der Waals surface area contributed by atoms with Crippen LogP contribution in [-0.2, 0) is 11.2 Å². The maximum absolute atomic E-state index is 5.92. The van der Waals surface area contributed by atoms with Gasteiger partial charge in [-0.15, -0.1) is 0 Å². The van der Waals surface area contributed by atoms with Crippen molar-refractivity contribution in [3.8, 4) is 0 Å². The van der Waals surface area contributed by atoms with Gasteiger partial charge in [-0.25, -0.2) is 0 Å². The molecule has 0 amide bonds. The molecular weight excluding hydrogens is 322 g/mol. The van der Waals surface area contributed by atoms with Crippen molar-refractivity contribution in [3.05, 3.63) is 34.9 Å². The van der Waals surface area contributed by atoms with Crippen LogP contribution in [0.3, 0.4) is 0 Å². The normalized spacial score (nSPS) is 16.0. The summed E-state index contributed by atoms with van der Waals surface area (Å²) in [7, 11) is 0. The highest BCUT2D eigenvalue weighted by atomic mass is 35.5. The zero-order valence-corrected chi connectivity index (χ0v) is 15.7. The van der Waals surface area contributed by atoms with Gasteiger partial charge in [0, 0.05) is 37.9 Å².